The number of urea groups is 1. The summed E-state index contributed by atoms with van der Waals surface area (Å²) >= 11 is 0. The molecule has 1 unspecified atom stereocenters. The van der Waals surface area contributed by atoms with Gasteiger partial charge in [0.05, 0.1) is 13.0 Å². The molecule has 7 heteroatoms. The van der Waals surface area contributed by atoms with E-state index in [4.69, 9.17) is 9.26 Å². The lowest BCUT2D eigenvalue weighted by molar-refractivity contribution is -0.145. The number of hydrogen-bond acceptors (Lipinski definition) is 5. The molecule has 1 fully saturated rings. The van der Waals surface area contributed by atoms with Crippen LogP contribution >= 0.6 is 0 Å². The molecule has 0 aromatic carbocycles. The van der Waals surface area contributed by atoms with E-state index in [1.165, 1.54) is 13.4 Å². The molecule has 110 valence electrons. The molecule has 0 radical (unpaired) electrons. The highest BCUT2D eigenvalue weighted by Crippen LogP contribution is 2.28. The van der Waals surface area contributed by atoms with Crippen molar-refractivity contribution in [1.29, 1.82) is 0 Å². The Morgan fingerprint density at radius 1 is 1.60 bits per heavy atom. The molecule has 0 bridgehead atoms. The fourth-order valence-corrected chi connectivity index (χ4v) is 1.95. The van der Waals surface area contributed by atoms with Gasteiger partial charge in [-0.3, -0.25) is 4.79 Å². The number of hydrogen-bond donors (Lipinski definition) is 1. The van der Waals surface area contributed by atoms with Crippen LogP contribution in [0.25, 0.3) is 0 Å². The summed E-state index contributed by atoms with van der Waals surface area (Å²) in [6.45, 7) is 3.84. The van der Waals surface area contributed by atoms with Gasteiger partial charge in [0, 0.05) is 12.6 Å². The number of methoxy groups -OCH3 is 1. The van der Waals surface area contributed by atoms with Gasteiger partial charge >= 0.3 is 12.0 Å². The maximum absolute atomic E-state index is 12.3. The van der Waals surface area contributed by atoms with E-state index in [-0.39, 0.29) is 24.0 Å². The molecule has 1 saturated carbocycles. The van der Waals surface area contributed by atoms with Crippen LogP contribution in [0.1, 0.15) is 25.5 Å². The van der Waals surface area contributed by atoms with Crippen molar-refractivity contribution in [3.8, 4) is 0 Å². The number of nitrogens with zero attached hydrogens (tertiary/aromatic N) is 2. The summed E-state index contributed by atoms with van der Waals surface area (Å²) in [6.07, 6.45) is 3.32. The Bertz CT molecular complexity index is 496. The molecule has 2 amide bonds. The molecule has 1 aliphatic rings. The van der Waals surface area contributed by atoms with Gasteiger partial charge in [0.25, 0.3) is 0 Å². The topological polar surface area (TPSA) is 84.7 Å². The van der Waals surface area contributed by atoms with Gasteiger partial charge in [0.2, 0.25) is 0 Å². The van der Waals surface area contributed by atoms with E-state index in [0.29, 0.717) is 17.9 Å². The second kappa shape index (κ2) is 5.94. The van der Waals surface area contributed by atoms with Gasteiger partial charge in [-0.15, -0.1) is 0 Å². The first-order chi connectivity index (χ1) is 9.52. The second-order valence-corrected chi connectivity index (χ2v) is 5.05. The average Bonchev–Trinajstić information content (AvgIpc) is 3.19. The van der Waals surface area contributed by atoms with Crippen LogP contribution in [0.3, 0.4) is 0 Å². The van der Waals surface area contributed by atoms with Crippen LogP contribution < -0.4 is 5.32 Å². The SMILES string of the molecule is COC(=O)C(C)CN(C(=O)Nc1conc1C)C1CC1. The Balaban J connectivity index is 1.99. The normalized spacial score (nSPS) is 15.6. The molecule has 0 spiro atoms. The summed E-state index contributed by atoms with van der Waals surface area (Å²) < 4.78 is 9.48. The summed E-state index contributed by atoms with van der Waals surface area (Å²) in [5.74, 6) is -0.667. The van der Waals surface area contributed by atoms with E-state index in [2.05, 4.69) is 10.5 Å². The van der Waals surface area contributed by atoms with Gasteiger partial charge in [-0.25, -0.2) is 4.79 Å². The van der Waals surface area contributed by atoms with Crippen LogP contribution in [0.4, 0.5) is 10.5 Å². The van der Waals surface area contributed by atoms with Crippen molar-refractivity contribution in [1.82, 2.24) is 10.1 Å². The van der Waals surface area contributed by atoms with Crippen molar-refractivity contribution in [2.24, 2.45) is 5.92 Å². The third kappa shape index (κ3) is 3.28. The largest absolute Gasteiger partial charge is 0.469 e. The number of esters is 1. The Labute approximate surface area is 117 Å². The third-order valence-electron chi connectivity index (χ3n) is 3.31. The number of rotatable bonds is 5. The molecule has 1 aliphatic carbocycles. The summed E-state index contributed by atoms with van der Waals surface area (Å²) in [7, 11) is 1.35. The lowest BCUT2D eigenvalue weighted by Crippen LogP contribution is -2.41. The fourth-order valence-electron chi connectivity index (χ4n) is 1.95. The Morgan fingerprint density at radius 3 is 2.80 bits per heavy atom. The zero-order chi connectivity index (χ0) is 14.7. The number of anilines is 1. The van der Waals surface area contributed by atoms with Gasteiger partial charge in [0.1, 0.15) is 17.6 Å². The maximum atomic E-state index is 12.3. The number of ether oxygens (including phenoxy) is 1. The quantitative estimate of drug-likeness (QED) is 0.832. The highest BCUT2D eigenvalue weighted by molar-refractivity contribution is 5.90. The summed E-state index contributed by atoms with van der Waals surface area (Å²) in [6, 6.07) is -0.0446. The Morgan fingerprint density at radius 2 is 2.30 bits per heavy atom. The first-order valence-corrected chi connectivity index (χ1v) is 6.59. The number of carbonyl (C=O) groups is 2. The fraction of sp³-hybridized carbons (Fsp3) is 0.615. The van der Waals surface area contributed by atoms with Crippen molar-refractivity contribution in [3.63, 3.8) is 0 Å². The van der Waals surface area contributed by atoms with Gasteiger partial charge < -0.3 is 19.5 Å². The molecule has 1 aromatic heterocycles. The predicted molar refractivity (Wildman–Crippen MR) is 71.2 cm³/mol. The van der Waals surface area contributed by atoms with Crippen molar-refractivity contribution >= 4 is 17.7 Å². The van der Waals surface area contributed by atoms with Crippen molar-refractivity contribution < 1.29 is 18.8 Å². The highest BCUT2D eigenvalue weighted by Gasteiger charge is 2.35. The molecule has 1 N–H and O–H groups in total. The van der Waals surface area contributed by atoms with Gasteiger partial charge in [0.15, 0.2) is 0 Å². The maximum Gasteiger partial charge on any atom is 0.322 e. The Kier molecular flexibility index (Phi) is 4.26. The molecule has 1 heterocycles. The van der Waals surface area contributed by atoms with E-state index in [1.54, 1.807) is 18.7 Å². The van der Waals surface area contributed by atoms with Gasteiger partial charge in [-0.2, -0.15) is 0 Å². The van der Waals surface area contributed by atoms with Crippen LogP contribution in [0.2, 0.25) is 0 Å². The molecule has 20 heavy (non-hydrogen) atoms. The Hall–Kier alpha value is -2.05. The predicted octanol–water partition coefficient (Wildman–Crippen LogP) is 1.79. The summed E-state index contributed by atoms with van der Waals surface area (Å²) in [5.41, 5.74) is 1.17. The first kappa shape index (κ1) is 14.4. The van der Waals surface area contributed by atoms with E-state index >= 15 is 0 Å². The van der Waals surface area contributed by atoms with Gasteiger partial charge in [-0.05, 0) is 19.8 Å². The van der Waals surface area contributed by atoms with Crippen LogP contribution in [0.5, 0.6) is 0 Å². The van der Waals surface area contributed by atoms with Crippen molar-refractivity contribution in [2.45, 2.75) is 32.7 Å². The lowest BCUT2D eigenvalue weighted by Gasteiger charge is -2.24. The number of aromatic nitrogens is 1. The molecular formula is C13H19N3O4. The van der Waals surface area contributed by atoms with E-state index < -0.39 is 0 Å². The number of amides is 2. The highest BCUT2D eigenvalue weighted by atomic mass is 16.5. The van der Waals surface area contributed by atoms with Crippen LogP contribution in [-0.4, -0.2) is 41.8 Å². The molecule has 1 aromatic rings. The van der Waals surface area contributed by atoms with E-state index in [0.717, 1.165) is 12.8 Å². The zero-order valence-corrected chi connectivity index (χ0v) is 11.9. The zero-order valence-electron chi connectivity index (χ0n) is 11.9. The first-order valence-electron chi connectivity index (χ1n) is 6.59. The molecular weight excluding hydrogens is 262 g/mol. The number of aryl methyl sites for hydroxylation is 1. The third-order valence-corrected chi connectivity index (χ3v) is 3.31. The second-order valence-electron chi connectivity index (χ2n) is 5.05. The molecule has 1 atom stereocenters. The van der Waals surface area contributed by atoms with Crippen molar-refractivity contribution in [3.05, 3.63) is 12.0 Å². The average molecular weight is 281 g/mol. The molecule has 2 rings (SSSR count). The van der Waals surface area contributed by atoms with Crippen molar-refractivity contribution in [2.75, 3.05) is 19.0 Å². The van der Waals surface area contributed by atoms with Crippen LogP contribution in [-0.2, 0) is 9.53 Å². The molecule has 7 nitrogen and oxygen atoms in total. The number of carbonyl (C=O) groups excluding carboxylic acids is 2. The lowest BCUT2D eigenvalue weighted by atomic mass is 10.1. The summed E-state index contributed by atoms with van der Waals surface area (Å²) in [5, 5.41) is 6.46. The van der Waals surface area contributed by atoms with E-state index in [1.807, 2.05) is 0 Å². The van der Waals surface area contributed by atoms with E-state index in [9.17, 15) is 9.59 Å². The molecule has 0 aliphatic heterocycles. The standard InChI is InChI=1S/C13H19N3O4/c1-8(12(17)19-3)6-16(10-4-5-10)13(18)14-11-7-20-15-9(11)2/h7-8,10H,4-6H2,1-3H3,(H,14,18). The smallest absolute Gasteiger partial charge is 0.322 e. The van der Waals surface area contributed by atoms with Gasteiger partial charge in [-0.1, -0.05) is 12.1 Å². The minimum Gasteiger partial charge on any atom is -0.469 e. The molecule has 0 saturated heterocycles. The summed E-state index contributed by atoms with van der Waals surface area (Å²) in [4.78, 5) is 25.4. The van der Waals surface area contributed by atoms with Crippen LogP contribution in [0.15, 0.2) is 10.8 Å². The monoisotopic (exact) mass is 281 g/mol. The minimum atomic E-state index is -0.352. The van der Waals surface area contributed by atoms with Crippen LogP contribution in [0, 0.1) is 12.8 Å². The minimum absolute atomic E-state index is 0.197. The number of nitrogens with one attached hydrogen (secondary N) is 1.